The van der Waals surface area contributed by atoms with E-state index in [9.17, 15) is 111 Å². The van der Waals surface area contributed by atoms with Gasteiger partial charge in [0.25, 0.3) is 0 Å². The number of ketones is 1. The summed E-state index contributed by atoms with van der Waals surface area (Å²) < 4.78 is 5.75. The normalized spacial score (nSPS) is 21.6. The number of aromatic nitrogens is 1. The maximum absolute atomic E-state index is 15.0. The molecular weight excluding hydrogens is 1630 g/mol. The van der Waals surface area contributed by atoms with Crippen LogP contribution in [0.5, 0.6) is 0 Å². The molecule has 31 N–H and O–H groups in total. The van der Waals surface area contributed by atoms with Gasteiger partial charge in [0.15, 0.2) is 5.78 Å². The molecule has 0 radical (unpaired) electrons. The molecule has 15 atom stereocenters. The number of anilines is 1. The summed E-state index contributed by atoms with van der Waals surface area (Å²) in [5.41, 5.74) is 40.2. The van der Waals surface area contributed by atoms with Gasteiger partial charge < -0.3 is 135 Å². The van der Waals surface area contributed by atoms with Gasteiger partial charge in [0.1, 0.15) is 78.6 Å². The number of aliphatic hydroxyl groups excluding tert-OH is 1. The molecule has 2 heterocycles. The standard InChI is InChI=1S/C77H112N22O25/c1-6-7-8-9-10-11-12-23-58(106)90-46(26-40-32-85-44-21-16-14-18-41(40)44)70(116)94-49(30-56(82)104)71(117)95-50(31-57(83)105)72(118)99-64-39(5)124-77(123)51(27-53(101)42-19-13-15-20-43(42)79)96-75(121)62(36(2)25-61(109)110)97-76(122)63(37(3)65(84)111)98-73(119)52(35-100)91-60(108)33-86-67(113)47(28-54(80)102)92-66(112)38(4)88-69(115)48(29-55(81)103)93-68(114)45(22-17-24-78)89-59(107)34-87-74(64)120/h13-16,18-21,32,36-39,45-52,62-64,85,100H,6-12,17,22-31,33-35,78-79H2,1-5H3,(H2,80,102)(H2,81,103)(H2,82,104)(H2,83,105)(H2,84,111)(H,86,113)(H,87,120)(H,88,115)(H,89,107)(H,90,106)(H,91,108)(H,92,112)(H,93,114)(H,94,116)(H,95,117)(H,96,121)(H,97,122)(H,98,119)(H,99,118)(H,109,110)/t36-,37-,38-,39-,45+,46+,47+,48?,49-,50+,51?,52-,62+,63?,64?/m1/s1. The third kappa shape index (κ3) is 34.4. The molecule has 4 unspecified atom stereocenters. The predicted octanol–water partition coefficient (Wildman–Crippen LogP) is -8.81. The SMILES string of the molecule is CCCCCCCCCC(=O)N[C@@H](Cc1c[nH]c2ccccc12)C(=O)N[C@H](CC(N)=O)C(=O)N[C@@H](CC(N)=O)C(=O)NC1C(=O)NCC(=O)N[C@@H](CCCN)C(=O)NC(CC(N)=O)C(=O)N[C@H](C)C(=O)N[C@@H](CC(N)=O)C(=O)NCC(=O)N[C@H](CO)C(=O)NC([C@@H](C)C(N)=O)C(=O)N[C@@H]([C@H](C)CC(=O)O)C(=O)NC(CC(=O)c2ccccc2N)C(=O)O[C@@H]1C. The van der Waals surface area contributed by atoms with E-state index >= 15 is 4.79 Å². The number of aliphatic hydroxyl groups is 1. The fraction of sp³-hybridized carbons (Fsp3) is 0.532. The number of carboxylic acid groups (broad SMARTS) is 1. The van der Waals surface area contributed by atoms with Gasteiger partial charge in [-0.1, -0.05) is 89.6 Å². The number of aliphatic carboxylic acids is 1. The number of hydrogen-bond donors (Lipinski definition) is 24. The highest BCUT2D eigenvalue weighted by atomic mass is 16.5. The van der Waals surface area contributed by atoms with Crippen molar-refractivity contribution in [2.45, 2.75) is 222 Å². The molecule has 2 aromatic carbocycles. The number of benzene rings is 2. The zero-order valence-corrected chi connectivity index (χ0v) is 69.0. The Morgan fingerprint density at radius 3 is 1.62 bits per heavy atom. The maximum Gasteiger partial charge on any atom is 0.329 e. The molecule has 1 aromatic heterocycles. The molecule has 4 rings (SSSR count). The molecule has 1 saturated heterocycles. The smallest absolute Gasteiger partial charge is 0.329 e. The van der Waals surface area contributed by atoms with Crippen LogP contribution in [-0.4, -0.2) is 250 Å². The minimum atomic E-state index is -2.45. The number of amides is 19. The van der Waals surface area contributed by atoms with Crippen LogP contribution in [0.1, 0.15) is 153 Å². The highest BCUT2D eigenvalue weighted by molar-refractivity contribution is 6.06. The number of hydrogen-bond acceptors (Lipinski definition) is 26. The van der Waals surface area contributed by atoms with Gasteiger partial charge in [0.05, 0.1) is 57.7 Å². The molecule has 3 aromatic rings. The van der Waals surface area contributed by atoms with Crippen LogP contribution in [0.2, 0.25) is 0 Å². The number of H-pyrrole nitrogens is 1. The number of primary amides is 5. The first kappa shape index (κ1) is 103. The Balaban J connectivity index is 1.93. The van der Waals surface area contributed by atoms with Crippen molar-refractivity contribution in [1.82, 2.24) is 79.4 Å². The fourth-order valence-corrected chi connectivity index (χ4v) is 12.6. The van der Waals surface area contributed by atoms with Crippen molar-refractivity contribution >= 4 is 147 Å². The summed E-state index contributed by atoms with van der Waals surface area (Å²) in [6, 6.07) is -12.6. The number of rotatable bonds is 37. The second kappa shape index (κ2) is 51.1. The van der Waals surface area contributed by atoms with E-state index in [4.69, 9.17) is 44.9 Å². The number of cyclic esters (lactones) is 1. The number of carbonyl (C=O) groups is 22. The average molecular weight is 1750 g/mol. The monoisotopic (exact) mass is 1740 g/mol. The van der Waals surface area contributed by atoms with Gasteiger partial charge in [-0.25, -0.2) is 4.79 Å². The highest BCUT2D eigenvalue weighted by Crippen LogP contribution is 2.22. The lowest BCUT2D eigenvalue weighted by Crippen LogP contribution is -2.63. The Hall–Kier alpha value is -13.8. The lowest BCUT2D eigenvalue weighted by atomic mass is 9.94. The van der Waals surface area contributed by atoms with E-state index in [1.54, 1.807) is 30.5 Å². The zero-order chi connectivity index (χ0) is 92.8. The Kier molecular flexibility index (Phi) is 42.3. The van der Waals surface area contributed by atoms with E-state index in [1.165, 1.54) is 24.3 Å². The summed E-state index contributed by atoms with van der Waals surface area (Å²) in [5.74, 6) is -32.8. The van der Waals surface area contributed by atoms with E-state index in [0.29, 0.717) is 29.3 Å². The molecule has 680 valence electrons. The van der Waals surface area contributed by atoms with Gasteiger partial charge in [-0.05, 0) is 69.3 Å². The van der Waals surface area contributed by atoms with Crippen molar-refractivity contribution in [3.05, 3.63) is 65.9 Å². The molecular formula is C77H112N22O25. The van der Waals surface area contributed by atoms with Crippen LogP contribution in [0.3, 0.4) is 0 Å². The predicted molar refractivity (Wildman–Crippen MR) is 435 cm³/mol. The number of esters is 1. The number of carboxylic acids is 1. The molecule has 1 aliphatic heterocycles. The molecule has 0 saturated carbocycles. The average Bonchev–Trinajstić information content (AvgIpc) is 1.64. The molecule has 1 fully saturated rings. The number of para-hydroxylation sites is 2. The molecule has 47 nitrogen and oxygen atoms in total. The topological polar surface area (TPSA) is 792 Å². The van der Waals surface area contributed by atoms with Crippen molar-refractivity contribution in [3.8, 4) is 0 Å². The van der Waals surface area contributed by atoms with Crippen LogP contribution in [0.15, 0.2) is 54.7 Å². The van der Waals surface area contributed by atoms with E-state index in [0.717, 1.165) is 59.8 Å². The first-order valence-electron chi connectivity index (χ1n) is 39.7. The number of carbonyl (C=O) groups excluding carboxylic acids is 21. The Bertz CT molecular complexity index is 4410. The van der Waals surface area contributed by atoms with E-state index in [1.807, 2.05) is 10.6 Å². The summed E-state index contributed by atoms with van der Waals surface area (Å²) in [4.78, 5) is 307. The summed E-state index contributed by atoms with van der Waals surface area (Å²) in [7, 11) is 0. The first-order valence-corrected chi connectivity index (χ1v) is 39.7. The second-order valence-electron chi connectivity index (χ2n) is 29.6. The third-order valence-electron chi connectivity index (χ3n) is 19.5. The van der Waals surface area contributed by atoms with E-state index in [2.05, 4.69) is 75.7 Å². The Morgan fingerprint density at radius 1 is 0.524 bits per heavy atom. The van der Waals surface area contributed by atoms with Crippen molar-refractivity contribution in [2.75, 3.05) is 32.0 Å². The quantitative estimate of drug-likeness (QED) is 0.0110. The summed E-state index contributed by atoms with van der Waals surface area (Å²) in [5, 5.41) is 51.8. The van der Waals surface area contributed by atoms with Crippen molar-refractivity contribution in [2.24, 2.45) is 46.2 Å². The fourth-order valence-electron chi connectivity index (χ4n) is 12.6. The van der Waals surface area contributed by atoms with Gasteiger partial charge in [-0.3, -0.25) is 101 Å². The van der Waals surface area contributed by atoms with Crippen LogP contribution >= 0.6 is 0 Å². The molecule has 0 spiro atoms. The number of ether oxygens (including phenoxy) is 1. The minimum Gasteiger partial charge on any atom is -0.481 e. The van der Waals surface area contributed by atoms with Crippen LogP contribution in [0.4, 0.5) is 5.69 Å². The van der Waals surface area contributed by atoms with Gasteiger partial charge >= 0.3 is 11.9 Å². The number of fused-ring (bicyclic) bond motifs is 1. The van der Waals surface area contributed by atoms with Gasteiger partial charge in [-0.15, -0.1) is 0 Å². The number of Topliss-reactive ketones (excluding diaryl/α,β-unsaturated/α-hetero) is 1. The zero-order valence-electron chi connectivity index (χ0n) is 69.0. The lowest BCUT2D eigenvalue weighted by molar-refractivity contribution is -0.156. The van der Waals surface area contributed by atoms with Crippen LogP contribution in [-0.2, 0) is 112 Å². The number of nitrogen functional groups attached to an aromatic ring is 1. The number of unbranched alkanes of at least 4 members (excludes halogenated alkanes) is 6. The second-order valence-corrected chi connectivity index (χ2v) is 29.6. The minimum absolute atomic E-state index is 0.0198. The molecule has 19 amide bonds. The molecule has 0 bridgehead atoms. The van der Waals surface area contributed by atoms with Gasteiger partial charge in [0.2, 0.25) is 112 Å². The number of nitrogens with two attached hydrogens (primary N) is 7. The summed E-state index contributed by atoms with van der Waals surface area (Å²) in [6.07, 6.45) is -1.80. The maximum atomic E-state index is 15.0. The Morgan fingerprint density at radius 2 is 1.04 bits per heavy atom. The third-order valence-corrected chi connectivity index (χ3v) is 19.5. The molecule has 0 aliphatic carbocycles. The van der Waals surface area contributed by atoms with Gasteiger partial charge in [0, 0.05) is 47.6 Å². The molecule has 124 heavy (non-hydrogen) atoms. The Labute approximate surface area is 710 Å². The van der Waals surface area contributed by atoms with Crippen LogP contribution < -0.4 is 115 Å². The summed E-state index contributed by atoms with van der Waals surface area (Å²) >= 11 is 0. The number of nitrogens with one attached hydrogen (secondary N) is 15. The van der Waals surface area contributed by atoms with E-state index < -0.39 is 279 Å². The van der Waals surface area contributed by atoms with Gasteiger partial charge in [-0.2, -0.15) is 0 Å². The van der Waals surface area contributed by atoms with Crippen LogP contribution in [0.25, 0.3) is 10.9 Å². The molecule has 1 aliphatic rings. The highest BCUT2D eigenvalue weighted by Gasteiger charge is 2.42. The number of aromatic amines is 1. The summed E-state index contributed by atoms with van der Waals surface area (Å²) in [6.45, 7) is 2.15. The van der Waals surface area contributed by atoms with E-state index in [-0.39, 0.29) is 43.5 Å². The van der Waals surface area contributed by atoms with Crippen LogP contribution in [0, 0.1) is 11.8 Å². The first-order chi connectivity index (χ1) is 58.5. The lowest BCUT2D eigenvalue weighted by Gasteiger charge is -2.31. The molecule has 47 heteroatoms. The largest absolute Gasteiger partial charge is 0.481 e. The van der Waals surface area contributed by atoms with Crippen molar-refractivity contribution in [1.29, 1.82) is 0 Å². The van der Waals surface area contributed by atoms with Crippen molar-refractivity contribution < 1.29 is 120 Å². The van der Waals surface area contributed by atoms with Crippen molar-refractivity contribution in [3.63, 3.8) is 0 Å².